The summed E-state index contributed by atoms with van der Waals surface area (Å²) in [5.41, 5.74) is 7.57. The third-order valence-electron chi connectivity index (χ3n) is 3.73. The number of carbonyl (C=O) groups is 1. The lowest BCUT2D eigenvalue weighted by Gasteiger charge is -2.15. The molecule has 0 aliphatic heterocycles. The molecule has 2 aromatic carbocycles. The SMILES string of the molecule is COc1ccc2cc(C(C)C(=O)NCCN)cc(C)c2c1. The first-order chi connectivity index (χ1) is 10.1. The molecule has 4 nitrogen and oxygen atoms in total. The number of nitrogens with two attached hydrogens (primary N) is 1. The second-order valence-electron chi connectivity index (χ2n) is 5.23. The first-order valence-corrected chi connectivity index (χ1v) is 7.13. The van der Waals surface area contributed by atoms with Crippen LogP contribution in [0.1, 0.15) is 24.0 Å². The number of ether oxygens (including phenoxy) is 1. The van der Waals surface area contributed by atoms with Gasteiger partial charge < -0.3 is 15.8 Å². The molecule has 0 bridgehead atoms. The van der Waals surface area contributed by atoms with Crippen molar-refractivity contribution < 1.29 is 9.53 Å². The van der Waals surface area contributed by atoms with Crippen LogP contribution in [0.25, 0.3) is 10.8 Å². The van der Waals surface area contributed by atoms with Gasteiger partial charge in [0.15, 0.2) is 0 Å². The summed E-state index contributed by atoms with van der Waals surface area (Å²) in [6.45, 7) is 4.92. The van der Waals surface area contributed by atoms with Crippen LogP contribution >= 0.6 is 0 Å². The molecule has 1 amide bonds. The van der Waals surface area contributed by atoms with Gasteiger partial charge in [-0.2, -0.15) is 0 Å². The Labute approximate surface area is 125 Å². The minimum atomic E-state index is -0.193. The van der Waals surface area contributed by atoms with Crippen molar-refractivity contribution in [2.45, 2.75) is 19.8 Å². The maximum absolute atomic E-state index is 12.1. The van der Waals surface area contributed by atoms with Gasteiger partial charge in [0.2, 0.25) is 5.91 Å². The third-order valence-corrected chi connectivity index (χ3v) is 3.73. The second kappa shape index (κ2) is 6.59. The zero-order chi connectivity index (χ0) is 15.4. The Hall–Kier alpha value is -2.07. The highest BCUT2D eigenvalue weighted by Crippen LogP contribution is 2.28. The molecule has 0 fully saturated rings. The van der Waals surface area contributed by atoms with Crippen LogP contribution < -0.4 is 15.8 Å². The van der Waals surface area contributed by atoms with Crippen molar-refractivity contribution in [1.29, 1.82) is 0 Å². The van der Waals surface area contributed by atoms with Gasteiger partial charge in [0.25, 0.3) is 0 Å². The van der Waals surface area contributed by atoms with E-state index in [2.05, 4.69) is 24.4 Å². The summed E-state index contributed by atoms with van der Waals surface area (Å²) in [7, 11) is 1.66. The van der Waals surface area contributed by atoms with Crippen LogP contribution in [0, 0.1) is 6.92 Å². The molecule has 4 heteroatoms. The van der Waals surface area contributed by atoms with Gasteiger partial charge in [-0.25, -0.2) is 0 Å². The van der Waals surface area contributed by atoms with E-state index >= 15 is 0 Å². The van der Waals surface area contributed by atoms with E-state index < -0.39 is 0 Å². The van der Waals surface area contributed by atoms with E-state index in [-0.39, 0.29) is 11.8 Å². The average molecular weight is 286 g/mol. The van der Waals surface area contributed by atoms with Gasteiger partial charge in [-0.05, 0) is 47.9 Å². The molecule has 21 heavy (non-hydrogen) atoms. The van der Waals surface area contributed by atoms with Gasteiger partial charge in [0.05, 0.1) is 13.0 Å². The zero-order valence-corrected chi connectivity index (χ0v) is 12.8. The molecule has 112 valence electrons. The molecule has 0 saturated carbocycles. The highest BCUT2D eigenvalue weighted by Gasteiger charge is 2.16. The van der Waals surface area contributed by atoms with E-state index in [1.165, 1.54) is 0 Å². The fourth-order valence-corrected chi connectivity index (χ4v) is 2.43. The summed E-state index contributed by atoms with van der Waals surface area (Å²) in [4.78, 5) is 12.1. The Morgan fingerprint density at radius 2 is 2.10 bits per heavy atom. The summed E-state index contributed by atoms with van der Waals surface area (Å²) in [5, 5.41) is 5.09. The van der Waals surface area contributed by atoms with E-state index in [1.807, 2.05) is 25.1 Å². The Morgan fingerprint density at radius 3 is 2.76 bits per heavy atom. The lowest BCUT2D eigenvalue weighted by atomic mass is 9.94. The van der Waals surface area contributed by atoms with Crippen molar-refractivity contribution in [2.75, 3.05) is 20.2 Å². The first-order valence-electron chi connectivity index (χ1n) is 7.13. The number of amides is 1. The quantitative estimate of drug-likeness (QED) is 0.886. The maximum Gasteiger partial charge on any atom is 0.227 e. The van der Waals surface area contributed by atoms with Crippen LogP contribution in [-0.4, -0.2) is 26.1 Å². The number of hydrogen-bond acceptors (Lipinski definition) is 3. The van der Waals surface area contributed by atoms with E-state index in [1.54, 1.807) is 7.11 Å². The minimum absolute atomic E-state index is 0.00714. The molecule has 0 radical (unpaired) electrons. The molecule has 0 aliphatic carbocycles. The van der Waals surface area contributed by atoms with Crippen molar-refractivity contribution in [3.63, 3.8) is 0 Å². The van der Waals surface area contributed by atoms with E-state index in [9.17, 15) is 4.79 Å². The van der Waals surface area contributed by atoms with Crippen molar-refractivity contribution in [1.82, 2.24) is 5.32 Å². The monoisotopic (exact) mass is 286 g/mol. The summed E-state index contributed by atoms with van der Waals surface area (Å²) in [6.07, 6.45) is 0. The van der Waals surface area contributed by atoms with Gasteiger partial charge in [-0.3, -0.25) is 4.79 Å². The van der Waals surface area contributed by atoms with E-state index in [0.717, 1.165) is 27.6 Å². The molecule has 0 saturated heterocycles. The van der Waals surface area contributed by atoms with Crippen LogP contribution in [0.3, 0.4) is 0 Å². The second-order valence-corrected chi connectivity index (χ2v) is 5.23. The predicted octanol–water partition coefficient (Wildman–Crippen LogP) is 2.34. The summed E-state index contributed by atoms with van der Waals surface area (Å²) >= 11 is 0. The first kappa shape index (κ1) is 15.3. The van der Waals surface area contributed by atoms with Crippen molar-refractivity contribution in [2.24, 2.45) is 5.73 Å². The van der Waals surface area contributed by atoms with Crippen LogP contribution in [0.15, 0.2) is 30.3 Å². The van der Waals surface area contributed by atoms with Crippen LogP contribution in [0.2, 0.25) is 0 Å². The third kappa shape index (κ3) is 3.34. The highest BCUT2D eigenvalue weighted by molar-refractivity contribution is 5.90. The number of hydrogen-bond donors (Lipinski definition) is 2. The molecule has 2 aromatic rings. The minimum Gasteiger partial charge on any atom is -0.497 e. The summed E-state index contributed by atoms with van der Waals surface area (Å²) < 4.78 is 5.26. The predicted molar refractivity (Wildman–Crippen MR) is 85.7 cm³/mol. The molecule has 3 N–H and O–H groups in total. The smallest absolute Gasteiger partial charge is 0.227 e. The molecule has 0 spiro atoms. The standard InChI is InChI=1S/C17H22N2O2/c1-11-8-14(12(2)17(20)19-7-6-18)9-13-4-5-15(21-3)10-16(11)13/h4-5,8-10,12H,6-7,18H2,1-3H3,(H,19,20). The fourth-order valence-electron chi connectivity index (χ4n) is 2.43. The molecular formula is C17H22N2O2. The Balaban J connectivity index is 2.35. The maximum atomic E-state index is 12.1. The Kier molecular flexibility index (Phi) is 4.81. The topological polar surface area (TPSA) is 64.3 Å². The molecule has 1 unspecified atom stereocenters. The Morgan fingerprint density at radius 1 is 1.33 bits per heavy atom. The number of carbonyl (C=O) groups excluding carboxylic acids is 1. The van der Waals surface area contributed by atoms with E-state index in [0.29, 0.717) is 13.1 Å². The lowest BCUT2D eigenvalue weighted by molar-refractivity contribution is -0.122. The van der Waals surface area contributed by atoms with Gasteiger partial charge >= 0.3 is 0 Å². The molecule has 0 aromatic heterocycles. The molecule has 0 heterocycles. The number of rotatable bonds is 5. The number of nitrogens with one attached hydrogen (secondary N) is 1. The molecule has 2 rings (SSSR count). The summed E-state index contributed by atoms with van der Waals surface area (Å²) in [5.74, 6) is 0.654. The van der Waals surface area contributed by atoms with Crippen LogP contribution in [0.5, 0.6) is 5.75 Å². The number of methoxy groups -OCH3 is 1. The molecule has 1 atom stereocenters. The normalized spacial score (nSPS) is 12.2. The zero-order valence-electron chi connectivity index (χ0n) is 12.8. The van der Waals surface area contributed by atoms with Crippen molar-refractivity contribution in [3.05, 3.63) is 41.5 Å². The van der Waals surface area contributed by atoms with E-state index in [4.69, 9.17) is 10.5 Å². The number of fused-ring (bicyclic) bond motifs is 1. The van der Waals surface area contributed by atoms with Crippen molar-refractivity contribution in [3.8, 4) is 5.75 Å². The van der Waals surface area contributed by atoms with Gasteiger partial charge in [0, 0.05) is 13.1 Å². The Bertz CT molecular complexity index is 653. The van der Waals surface area contributed by atoms with Crippen LogP contribution in [0.4, 0.5) is 0 Å². The van der Waals surface area contributed by atoms with Gasteiger partial charge in [0.1, 0.15) is 5.75 Å². The van der Waals surface area contributed by atoms with Crippen molar-refractivity contribution >= 4 is 16.7 Å². The fraction of sp³-hybridized carbons (Fsp3) is 0.353. The van der Waals surface area contributed by atoms with Gasteiger partial charge in [-0.15, -0.1) is 0 Å². The number of aryl methyl sites for hydroxylation is 1. The van der Waals surface area contributed by atoms with Crippen LogP contribution in [-0.2, 0) is 4.79 Å². The van der Waals surface area contributed by atoms with Gasteiger partial charge in [-0.1, -0.05) is 18.2 Å². The summed E-state index contributed by atoms with van der Waals surface area (Å²) in [6, 6.07) is 10.1. The molecular weight excluding hydrogens is 264 g/mol. The molecule has 0 aliphatic rings. The average Bonchev–Trinajstić information content (AvgIpc) is 2.51. The largest absolute Gasteiger partial charge is 0.497 e. The highest BCUT2D eigenvalue weighted by atomic mass is 16.5. The number of benzene rings is 2. The lowest BCUT2D eigenvalue weighted by Crippen LogP contribution is -2.32.